The molecule has 112 valence electrons. The third kappa shape index (κ3) is 3.11. The van der Waals surface area contributed by atoms with Gasteiger partial charge in [-0.05, 0) is 12.8 Å². The Kier molecular flexibility index (Phi) is 4.01. The van der Waals surface area contributed by atoms with Crippen LogP contribution >= 0.6 is 0 Å². The van der Waals surface area contributed by atoms with Crippen molar-refractivity contribution in [3.63, 3.8) is 0 Å². The first-order valence-corrected chi connectivity index (χ1v) is 7.17. The molecular formula is C14H25N5O. The van der Waals surface area contributed by atoms with E-state index >= 15 is 0 Å². The van der Waals surface area contributed by atoms with Gasteiger partial charge in [0.05, 0.1) is 18.3 Å². The summed E-state index contributed by atoms with van der Waals surface area (Å²) in [7, 11) is 3.59. The van der Waals surface area contributed by atoms with Gasteiger partial charge in [0.25, 0.3) is 0 Å². The number of urea groups is 1. The number of carbonyl (C=O) groups excluding carboxylic acids is 1. The second-order valence-electron chi connectivity index (χ2n) is 6.74. The van der Waals surface area contributed by atoms with Crippen molar-refractivity contribution in [1.29, 1.82) is 0 Å². The molecule has 1 atom stereocenters. The van der Waals surface area contributed by atoms with Gasteiger partial charge in [-0.2, -0.15) is 0 Å². The van der Waals surface area contributed by atoms with Crippen LogP contribution in [0.2, 0.25) is 0 Å². The van der Waals surface area contributed by atoms with Gasteiger partial charge in [0, 0.05) is 32.3 Å². The van der Waals surface area contributed by atoms with Crippen LogP contribution in [0.5, 0.6) is 0 Å². The van der Waals surface area contributed by atoms with Crippen molar-refractivity contribution in [3.05, 3.63) is 11.9 Å². The van der Waals surface area contributed by atoms with Gasteiger partial charge < -0.3 is 9.80 Å². The monoisotopic (exact) mass is 279 g/mol. The molecule has 0 bridgehead atoms. The minimum Gasteiger partial charge on any atom is -0.331 e. The molecule has 1 aliphatic heterocycles. The van der Waals surface area contributed by atoms with Crippen molar-refractivity contribution in [2.24, 2.45) is 0 Å². The van der Waals surface area contributed by atoms with E-state index in [0.717, 1.165) is 31.6 Å². The molecule has 1 aromatic rings. The molecule has 20 heavy (non-hydrogen) atoms. The molecule has 6 heteroatoms. The average Bonchev–Trinajstić information content (AvgIpc) is 2.96. The lowest BCUT2D eigenvalue weighted by Gasteiger charge is -2.27. The highest BCUT2D eigenvalue weighted by molar-refractivity contribution is 5.74. The standard InChI is InChI=1S/C14H25N5O/c1-14(2,3)12-10-18(16-15-12)9-11-7-6-8-19(11)13(20)17(4)5/h10-11H,6-9H2,1-5H3/t11-/m1/s1. The number of amides is 2. The Morgan fingerprint density at radius 1 is 1.45 bits per heavy atom. The molecule has 1 saturated heterocycles. The lowest BCUT2D eigenvalue weighted by Crippen LogP contribution is -2.43. The molecule has 0 saturated carbocycles. The van der Waals surface area contributed by atoms with Crippen molar-refractivity contribution in [2.75, 3.05) is 20.6 Å². The summed E-state index contributed by atoms with van der Waals surface area (Å²) in [6, 6.07) is 0.308. The van der Waals surface area contributed by atoms with Crippen LogP contribution in [-0.4, -0.2) is 57.5 Å². The van der Waals surface area contributed by atoms with E-state index in [1.165, 1.54) is 0 Å². The first kappa shape index (κ1) is 14.8. The molecular weight excluding hydrogens is 254 g/mol. The highest BCUT2D eigenvalue weighted by Crippen LogP contribution is 2.22. The first-order chi connectivity index (χ1) is 9.29. The minimum absolute atomic E-state index is 0.00701. The smallest absolute Gasteiger partial charge is 0.319 e. The van der Waals surface area contributed by atoms with Gasteiger partial charge in [0.1, 0.15) is 0 Å². The van der Waals surface area contributed by atoms with Gasteiger partial charge in [-0.1, -0.05) is 26.0 Å². The van der Waals surface area contributed by atoms with Crippen LogP contribution in [0.25, 0.3) is 0 Å². The molecule has 1 aliphatic rings. The van der Waals surface area contributed by atoms with Crippen molar-refractivity contribution < 1.29 is 4.79 Å². The lowest BCUT2D eigenvalue weighted by atomic mass is 9.93. The molecule has 0 spiro atoms. The lowest BCUT2D eigenvalue weighted by molar-refractivity contribution is 0.160. The first-order valence-electron chi connectivity index (χ1n) is 7.17. The Labute approximate surface area is 120 Å². The summed E-state index contributed by atoms with van der Waals surface area (Å²) < 4.78 is 1.87. The number of aromatic nitrogens is 3. The van der Waals surface area contributed by atoms with E-state index in [2.05, 4.69) is 31.1 Å². The number of likely N-dealkylation sites (tertiary alicyclic amines) is 1. The Morgan fingerprint density at radius 3 is 2.70 bits per heavy atom. The molecule has 0 aromatic carbocycles. The second kappa shape index (κ2) is 5.42. The van der Waals surface area contributed by atoms with Crippen molar-refractivity contribution in [2.45, 2.75) is 51.6 Å². The summed E-state index contributed by atoms with van der Waals surface area (Å²) in [5, 5.41) is 8.43. The Bertz CT molecular complexity index is 474. The number of carbonyl (C=O) groups is 1. The highest BCUT2D eigenvalue weighted by atomic mass is 16.2. The van der Waals surface area contributed by atoms with Gasteiger partial charge >= 0.3 is 6.03 Å². The van der Waals surface area contributed by atoms with Crippen molar-refractivity contribution in [3.8, 4) is 0 Å². The SMILES string of the molecule is CN(C)C(=O)N1CCC[C@@H]1Cn1cc(C(C)(C)C)nn1. The molecule has 0 unspecified atom stereocenters. The Hall–Kier alpha value is -1.59. The van der Waals surface area contributed by atoms with Crippen LogP contribution in [0.3, 0.4) is 0 Å². The van der Waals surface area contributed by atoms with Crippen LogP contribution in [0, 0.1) is 0 Å². The van der Waals surface area contributed by atoms with Gasteiger partial charge in [0.15, 0.2) is 0 Å². The predicted octanol–water partition coefficient (Wildman–Crippen LogP) is 1.72. The van der Waals surface area contributed by atoms with Crippen LogP contribution in [-0.2, 0) is 12.0 Å². The zero-order valence-corrected chi connectivity index (χ0v) is 13.1. The van der Waals surface area contributed by atoms with E-state index in [1.54, 1.807) is 19.0 Å². The molecule has 0 aliphatic carbocycles. The quantitative estimate of drug-likeness (QED) is 0.828. The van der Waals surface area contributed by atoms with Gasteiger partial charge in [-0.15, -0.1) is 5.10 Å². The van der Waals surface area contributed by atoms with E-state index in [4.69, 9.17) is 0 Å². The number of rotatable bonds is 2. The highest BCUT2D eigenvalue weighted by Gasteiger charge is 2.30. The number of hydrogen-bond acceptors (Lipinski definition) is 3. The maximum Gasteiger partial charge on any atom is 0.319 e. The molecule has 6 nitrogen and oxygen atoms in total. The van der Waals surface area contributed by atoms with Crippen molar-refractivity contribution >= 4 is 6.03 Å². The summed E-state index contributed by atoms with van der Waals surface area (Å²) >= 11 is 0. The van der Waals surface area contributed by atoms with E-state index < -0.39 is 0 Å². The average molecular weight is 279 g/mol. The topological polar surface area (TPSA) is 54.3 Å². The summed E-state index contributed by atoms with van der Waals surface area (Å²) in [6.07, 6.45) is 4.09. The fourth-order valence-corrected chi connectivity index (χ4v) is 2.48. The zero-order valence-electron chi connectivity index (χ0n) is 13.1. The summed E-state index contributed by atoms with van der Waals surface area (Å²) in [5.74, 6) is 0. The van der Waals surface area contributed by atoms with Crippen molar-refractivity contribution in [1.82, 2.24) is 24.8 Å². The predicted molar refractivity (Wildman–Crippen MR) is 77.5 cm³/mol. The third-order valence-corrected chi connectivity index (χ3v) is 3.71. The minimum atomic E-state index is 0.00701. The van der Waals surface area contributed by atoms with E-state index in [-0.39, 0.29) is 17.5 Å². The second-order valence-corrected chi connectivity index (χ2v) is 6.74. The largest absolute Gasteiger partial charge is 0.331 e. The Morgan fingerprint density at radius 2 is 2.15 bits per heavy atom. The van der Waals surface area contributed by atoms with Gasteiger partial charge in [-0.25, -0.2) is 4.79 Å². The fraction of sp³-hybridized carbons (Fsp3) is 0.786. The molecule has 2 rings (SSSR count). The molecule has 1 aromatic heterocycles. The molecule has 0 radical (unpaired) electrons. The van der Waals surface area contributed by atoms with Crippen LogP contribution < -0.4 is 0 Å². The van der Waals surface area contributed by atoms with Gasteiger partial charge in [0.2, 0.25) is 0 Å². The van der Waals surface area contributed by atoms with E-state index in [9.17, 15) is 4.79 Å². The number of nitrogens with zero attached hydrogens (tertiary/aromatic N) is 5. The van der Waals surface area contributed by atoms with Crippen LogP contribution in [0.15, 0.2) is 6.20 Å². The fourth-order valence-electron chi connectivity index (χ4n) is 2.48. The molecule has 1 fully saturated rings. The van der Waals surface area contributed by atoms with Gasteiger partial charge in [-0.3, -0.25) is 4.68 Å². The molecule has 2 amide bonds. The van der Waals surface area contributed by atoms with Crippen LogP contribution in [0.4, 0.5) is 4.79 Å². The Balaban J connectivity index is 2.05. The number of hydrogen-bond donors (Lipinski definition) is 0. The normalized spacial score (nSPS) is 19.4. The van der Waals surface area contributed by atoms with Crippen LogP contribution in [0.1, 0.15) is 39.3 Å². The maximum atomic E-state index is 12.1. The summed E-state index contributed by atoms with van der Waals surface area (Å²) in [4.78, 5) is 15.7. The third-order valence-electron chi connectivity index (χ3n) is 3.71. The zero-order chi connectivity index (χ0) is 14.9. The van der Waals surface area contributed by atoms with E-state index in [1.807, 2.05) is 15.8 Å². The summed E-state index contributed by atoms with van der Waals surface area (Å²) in [6.45, 7) is 7.93. The molecule has 0 N–H and O–H groups in total. The van der Waals surface area contributed by atoms with E-state index in [0.29, 0.717) is 0 Å². The maximum absolute atomic E-state index is 12.1. The molecule has 2 heterocycles. The summed E-state index contributed by atoms with van der Waals surface area (Å²) in [5.41, 5.74) is 0.994.